The highest BCUT2D eigenvalue weighted by molar-refractivity contribution is 5.75. The Hall–Kier alpha value is -2.04. The SMILES string of the molecule is CC(C)(C)OC(=O)N1CCCC1n1cnc2ccccc21. The van der Waals surface area contributed by atoms with Gasteiger partial charge in [-0.2, -0.15) is 0 Å². The Balaban J connectivity index is 1.89. The molecule has 5 nitrogen and oxygen atoms in total. The van der Waals surface area contributed by atoms with Gasteiger partial charge in [-0.3, -0.25) is 4.90 Å². The first kappa shape index (κ1) is 13.9. The molecule has 1 fully saturated rings. The van der Waals surface area contributed by atoms with Crippen molar-refractivity contribution >= 4 is 17.1 Å². The minimum absolute atomic E-state index is 0.00718. The molecule has 1 aromatic carbocycles. The quantitative estimate of drug-likeness (QED) is 0.805. The number of carbonyl (C=O) groups excluding carboxylic acids is 1. The number of ether oxygens (including phenoxy) is 1. The molecule has 1 aliphatic heterocycles. The van der Waals surface area contributed by atoms with E-state index in [0.29, 0.717) is 0 Å². The van der Waals surface area contributed by atoms with Crippen LogP contribution in [0.2, 0.25) is 0 Å². The fourth-order valence-corrected chi connectivity index (χ4v) is 2.79. The van der Waals surface area contributed by atoms with Crippen LogP contribution in [0.25, 0.3) is 11.0 Å². The Morgan fingerprint density at radius 1 is 1.33 bits per heavy atom. The molecule has 1 unspecified atom stereocenters. The average Bonchev–Trinajstić information content (AvgIpc) is 3.02. The summed E-state index contributed by atoms with van der Waals surface area (Å²) >= 11 is 0. The molecule has 1 atom stereocenters. The van der Waals surface area contributed by atoms with Crippen molar-refractivity contribution in [2.45, 2.75) is 45.4 Å². The molecule has 112 valence electrons. The molecule has 0 bridgehead atoms. The van der Waals surface area contributed by atoms with Crippen molar-refractivity contribution in [2.75, 3.05) is 6.54 Å². The molecular weight excluding hydrogens is 266 g/mol. The molecule has 5 heteroatoms. The second-order valence-corrected chi connectivity index (χ2v) is 6.44. The fourth-order valence-electron chi connectivity index (χ4n) is 2.79. The summed E-state index contributed by atoms with van der Waals surface area (Å²) in [7, 11) is 0. The Bertz CT molecular complexity index is 657. The van der Waals surface area contributed by atoms with Gasteiger partial charge in [-0.1, -0.05) is 12.1 Å². The molecule has 1 saturated heterocycles. The zero-order valence-corrected chi connectivity index (χ0v) is 12.7. The monoisotopic (exact) mass is 287 g/mol. The van der Waals surface area contributed by atoms with Crippen molar-refractivity contribution in [3.05, 3.63) is 30.6 Å². The summed E-state index contributed by atoms with van der Waals surface area (Å²) in [6.07, 6.45) is 3.48. The smallest absolute Gasteiger partial charge is 0.411 e. The molecule has 0 radical (unpaired) electrons. The second-order valence-electron chi connectivity index (χ2n) is 6.44. The van der Waals surface area contributed by atoms with E-state index in [1.54, 1.807) is 4.90 Å². The van der Waals surface area contributed by atoms with E-state index in [9.17, 15) is 4.79 Å². The maximum Gasteiger partial charge on any atom is 0.411 e. The normalized spacial score (nSPS) is 19.2. The second kappa shape index (κ2) is 5.06. The number of aromatic nitrogens is 2. The number of amides is 1. The van der Waals surface area contributed by atoms with Gasteiger partial charge in [-0.15, -0.1) is 0 Å². The number of benzene rings is 1. The highest BCUT2D eigenvalue weighted by Crippen LogP contribution is 2.31. The highest BCUT2D eigenvalue weighted by atomic mass is 16.6. The van der Waals surface area contributed by atoms with Crippen LogP contribution in [0.15, 0.2) is 30.6 Å². The van der Waals surface area contributed by atoms with E-state index in [1.165, 1.54) is 0 Å². The third-order valence-corrected chi connectivity index (χ3v) is 3.65. The van der Waals surface area contributed by atoms with Gasteiger partial charge in [0.05, 0.1) is 17.4 Å². The minimum Gasteiger partial charge on any atom is -0.444 e. The van der Waals surface area contributed by atoms with Crippen molar-refractivity contribution in [2.24, 2.45) is 0 Å². The van der Waals surface area contributed by atoms with E-state index >= 15 is 0 Å². The molecule has 1 amide bonds. The third-order valence-electron chi connectivity index (χ3n) is 3.65. The maximum absolute atomic E-state index is 12.4. The molecule has 3 rings (SSSR count). The summed E-state index contributed by atoms with van der Waals surface area (Å²) in [6, 6.07) is 7.99. The first-order valence-electron chi connectivity index (χ1n) is 7.37. The summed E-state index contributed by atoms with van der Waals surface area (Å²) in [6.45, 7) is 6.40. The lowest BCUT2D eigenvalue weighted by atomic mass is 10.2. The van der Waals surface area contributed by atoms with Crippen LogP contribution < -0.4 is 0 Å². The topological polar surface area (TPSA) is 47.4 Å². The number of rotatable bonds is 1. The summed E-state index contributed by atoms with van der Waals surface area (Å²) in [5.41, 5.74) is 1.54. The fraction of sp³-hybridized carbons (Fsp3) is 0.500. The summed E-state index contributed by atoms with van der Waals surface area (Å²) in [4.78, 5) is 18.6. The largest absolute Gasteiger partial charge is 0.444 e. The van der Waals surface area contributed by atoms with E-state index in [-0.39, 0.29) is 12.3 Å². The number of hydrogen-bond donors (Lipinski definition) is 0. The van der Waals surface area contributed by atoms with Crippen LogP contribution in [0.1, 0.15) is 39.8 Å². The third kappa shape index (κ3) is 2.73. The van der Waals surface area contributed by atoms with E-state index in [4.69, 9.17) is 4.74 Å². The van der Waals surface area contributed by atoms with Gasteiger partial charge in [0.25, 0.3) is 0 Å². The molecule has 0 saturated carbocycles. The van der Waals surface area contributed by atoms with Crippen LogP contribution >= 0.6 is 0 Å². The molecule has 2 aromatic rings. The zero-order valence-electron chi connectivity index (χ0n) is 12.7. The van der Waals surface area contributed by atoms with Crippen LogP contribution in [-0.2, 0) is 4.74 Å². The van der Waals surface area contributed by atoms with Crippen LogP contribution in [0.5, 0.6) is 0 Å². The number of likely N-dealkylation sites (tertiary alicyclic amines) is 1. The molecule has 1 aromatic heterocycles. The Morgan fingerprint density at radius 3 is 2.86 bits per heavy atom. The van der Waals surface area contributed by atoms with Gasteiger partial charge in [0, 0.05) is 6.54 Å². The zero-order chi connectivity index (χ0) is 15.0. The minimum atomic E-state index is -0.471. The first-order valence-corrected chi connectivity index (χ1v) is 7.37. The molecular formula is C16H21N3O2. The van der Waals surface area contributed by atoms with E-state index < -0.39 is 5.60 Å². The lowest BCUT2D eigenvalue weighted by Crippen LogP contribution is -2.38. The lowest BCUT2D eigenvalue weighted by Gasteiger charge is -2.29. The van der Waals surface area contributed by atoms with E-state index in [0.717, 1.165) is 30.4 Å². The summed E-state index contributed by atoms with van der Waals surface area (Å²) in [5.74, 6) is 0. The van der Waals surface area contributed by atoms with Crippen molar-refractivity contribution in [1.82, 2.24) is 14.5 Å². The van der Waals surface area contributed by atoms with Gasteiger partial charge in [0.1, 0.15) is 11.8 Å². The average molecular weight is 287 g/mol. The molecule has 0 N–H and O–H groups in total. The molecule has 1 aliphatic rings. The van der Waals surface area contributed by atoms with Crippen LogP contribution in [-0.4, -0.2) is 32.7 Å². The van der Waals surface area contributed by atoms with Crippen molar-refractivity contribution in [3.8, 4) is 0 Å². The van der Waals surface area contributed by atoms with Crippen LogP contribution in [0.4, 0.5) is 4.79 Å². The van der Waals surface area contributed by atoms with Crippen LogP contribution in [0.3, 0.4) is 0 Å². The molecule has 0 spiro atoms. The Morgan fingerprint density at radius 2 is 2.10 bits per heavy atom. The summed E-state index contributed by atoms with van der Waals surface area (Å²) in [5, 5.41) is 0. The van der Waals surface area contributed by atoms with Crippen LogP contribution in [0, 0.1) is 0 Å². The Labute approximate surface area is 124 Å². The highest BCUT2D eigenvalue weighted by Gasteiger charge is 2.33. The Kier molecular flexibility index (Phi) is 3.35. The van der Waals surface area contributed by atoms with E-state index in [2.05, 4.69) is 9.55 Å². The van der Waals surface area contributed by atoms with E-state index in [1.807, 2.05) is 51.4 Å². The predicted octanol–water partition coefficient (Wildman–Crippen LogP) is 3.57. The van der Waals surface area contributed by atoms with Crippen molar-refractivity contribution in [1.29, 1.82) is 0 Å². The number of nitrogens with zero attached hydrogens (tertiary/aromatic N) is 3. The summed E-state index contributed by atoms with van der Waals surface area (Å²) < 4.78 is 7.59. The molecule has 21 heavy (non-hydrogen) atoms. The van der Waals surface area contributed by atoms with Gasteiger partial charge >= 0.3 is 6.09 Å². The van der Waals surface area contributed by atoms with Gasteiger partial charge in [0.15, 0.2) is 0 Å². The maximum atomic E-state index is 12.4. The number of hydrogen-bond acceptors (Lipinski definition) is 3. The first-order chi connectivity index (χ1) is 9.96. The molecule has 2 heterocycles. The number of imidazole rings is 1. The number of carbonyl (C=O) groups is 1. The van der Waals surface area contributed by atoms with Crippen molar-refractivity contribution in [3.63, 3.8) is 0 Å². The number of fused-ring (bicyclic) bond motifs is 1. The van der Waals surface area contributed by atoms with Crippen molar-refractivity contribution < 1.29 is 9.53 Å². The molecule has 0 aliphatic carbocycles. The van der Waals surface area contributed by atoms with Gasteiger partial charge in [-0.25, -0.2) is 9.78 Å². The lowest BCUT2D eigenvalue weighted by molar-refractivity contribution is 0.0167. The number of para-hydroxylation sites is 2. The van der Waals surface area contributed by atoms with Gasteiger partial charge in [0.2, 0.25) is 0 Å². The standard InChI is InChI=1S/C16H21N3O2/c1-16(2,3)21-15(20)18-10-6-9-14(18)19-11-17-12-7-4-5-8-13(12)19/h4-5,7-8,11,14H,6,9-10H2,1-3H3. The predicted molar refractivity (Wildman–Crippen MR) is 80.9 cm³/mol. The van der Waals surface area contributed by atoms with Gasteiger partial charge < -0.3 is 9.30 Å². The van der Waals surface area contributed by atoms with Gasteiger partial charge in [-0.05, 0) is 45.7 Å².